The molecule has 1 amide bonds. The molecule has 0 spiro atoms. The molecule has 3 aromatic carbocycles. The van der Waals surface area contributed by atoms with Crippen LogP contribution in [0.15, 0.2) is 83.8 Å². The molecule has 3 aromatic rings. The Balaban J connectivity index is 1.67. The van der Waals surface area contributed by atoms with Gasteiger partial charge in [-0.15, -0.1) is 0 Å². The summed E-state index contributed by atoms with van der Waals surface area (Å²) in [7, 11) is -3.92. The summed E-state index contributed by atoms with van der Waals surface area (Å²) in [4.78, 5) is 12.9. The van der Waals surface area contributed by atoms with Crippen molar-refractivity contribution in [3.63, 3.8) is 0 Å². The second kappa shape index (κ2) is 12.2. The third kappa shape index (κ3) is 6.60. The predicted octanol–water partition coefficient (Wildman–Crippen LogP) is 4.59. The number of hydrogen-bond donors (Lipinski definition) is 1. The van der Waals surface area contributed by atoms with E-state index in [-0.39, 0.29) is 24.6 Å². The Kier molecular flexibility index (Phi) is 9.10. The second-order valence-corrected chi connectivity index (χ2v) is 9.76. The number of amides is 1. The molecule has 3 rings (SSSR count). The van der Waals surface area contributed by atoms with E-state index >= 15 is 0 Å². The predicted molar refractivity (Wildman–Crippen MR) is 136 cm³/mol. The first kappa shape index (κ1) is 25.3. The molecule has 0 heterocycles. The number of sulfonamides is 1. The Morgan fingerprint density at radius 1 is 0.912 bits per heavy atom. The van der Waals surface area contributed by atoms with Gasteiger partial charge in [-0.3, -0.25) is 9.10 Å². The lowest BCUT2D eigenvalue weighted by molar-refractivity contribution is -0.119. The average molecular weight is 481 g/mol. The molecular weight excluding hydrogens is 448 g/mol. The fraction of sp³-hybridized carbons (Fsp3) is 0.296. The maximum Gasteiger partial charge on any atom is 0.264 e. The van der Waals surface area contributed by atoms with E-state index in [2.05, 4.69) is 12.2 Å². The number of nitrogens with one attached hydrogen (secondary N) is 1. The number of carbonyl (C=O) groups is 1. The molecule has 0 bridgehead atoms. The highest BCUT2D eigenvalue weighted by atomic mass is 32.2. The fourth-order valence-electron chi connectivity index (χ4n) is 3.66. The Labute approximate surface area is 202 Å². The van der Waals surface area contributed by atoms with Crippen molar-refractivity contribution in [2.24, 2.45) is 0 Å². The summed E-state index contributed by atoms with van der Waals surface area (Å²) < 4.78 is 33.8. The lowest BCUT2D eigenvalue weighted by Gasteiger charge is -2.26. The first-order valence-electron chi connectivity index (χ1n) is 11.6. The van der Waals surface area contributed by atoms with Crippen LogP contribution in [0.5, 0.6) is 5.75 Å². The molecule has 0 aliphatic rings. The number of aryl methyl sites for hydroxylation is 2. The third-order valence-corrected chi connectivity index (χ3v) is 7.19. The second-order valence-electron chi connectivity index (χ2n) is 7.90. The van der Waals surface area contributed by atoms with E-state index in [0.29, 0.717) is 12.1 Å². The van der Waals surface area contributed by atoms with E-state index < -0.39 is 15.9 Å². The zero-order valence-corrected chi connectivity index (χ0v) is 20.6. The molecule has 0 aliphatic carbocycles. The SMILES string of the molecule is CCCc1ccc(OCCNC(=O)CN(c2ccccc2CC)S(=O)(=O)c2ccccc2)cc1. The van der Waals surface area contributed by atoms with Crippen LogP contribution in [0.3, 0.4) is 0 Å². The molecule has 0 saturated carbocycles. The van der Waals surface area contributed by atoms with Crippen LogP contribution < -0.4 is 14.4 Å². The van der Waals surface area contributed by atoms with Gasteiger partial charge in [-0.25, -0.2) is 8.42 Å². The van der Waals surface area contributed by atoms with Crippen LogP contribution in [-0.4, -0.2) is 34.0 Å². The van der Waals surface area contributed by atoms with Gasteiger partial charge in [0.2, 0.25) is 5.91 Å². The number of anilines is 1. The molecule has 1 N–H and O–H groups in total. The largest absolute Gasteiger partial charge is 0.492 e. The van der Waals surface area contributed by atoms with Gasteiger partial charge in [0.25, 0.3) is 10.0 Å². The maximum atomic E-state index is 13.4. The fourth-order valence-corrected chi connectivity index (χ4v) is 5.14. The molecular formula is C27H32N2O4S. The van der Waals surface area contributed by atoms with Crippen molar-refractivity contribution < 1.29 is 17.9 Å². The molecule has 0 radical (unpaired) electrons. The lowest BCUT2D eigenvalue weighted by Crippen LogP contribution is -2.42. The number of carbonyl (C=O) groups excluding carboxylic acids is 1. The van der Waals surface area contributed by atoms with E-state index in [1.54, 1.807) is 30.3 Å². The Morgan fingerprint density at radius 2 is 1.59 bits per heavy atom. The summed E-state index contributed by atoms with van der Waals surface area (Å²) >= 11 is 0. The molecule has 6 nitrogen and oxygen atoms in total. The minimum Gasteiger partial charge on any atom is -0.492 e. The highest BCUT2D eigenvalue weighted by Crippen LogP contribution is 2.27. The van der Waals surface area contributed by atoms with Crippen LogP contribution in [0.25, 0.3) is 0 Å². The molecule has 0 atom stereocenters. The van der Waals surface area contributed by atoms with Gasteiger partial charge >= 0.3 is 0 Å². The maximum absolute atomic E-state index is 13.4. The standard InChI is InChI=1S/C27H32N2O4S/c1-3-10-22-15-17-24(18-16-22)33-20-19-28-27(30)21-29(26-14-9-8-11-23(26)4-2)34(31,32)25-12-6-5-7-13-25/h5-9,11-18H,3-4,10,19-21H2,1-2H3,(H,28,30). The molecule has 0 aromatic heterocycles. The van der Waals surface area contributed by atoms with E-state index in [1.165, 1.54) is 22.0 Å². The van der Waals surface area contributed by atoms with Crippen molar-refractivity contribution in [2.45, 2.75) is 38.0 Å². The number of rotatable bonds is 12. The normalized spacial score (nSPS) is 11.1. The van der Waals surface area contributed by atoms with E-state index in [0.717, 1.165) is 24.2 Å². The van der Waals surface area contributed by atoms with E-state index in [1.807, 2.05) is 43.3 Å². The van der Waals surface area contributed by atoms with Crippen LogP contribution in [0.4, 0.5) is 5.69 Å². The molecule has 180 valence electrons. The smallest absolute Gasteiger partial charge is 0.264 e. The van der Waals surface area contributed by atoms with Gasteiger partial charge < -0.3 is 10.1 Å². The van der Waals surface area contributed by atoms with Gasteiger partial charge in [0, 0.05) is 0 Å². The van der Waals surface area contributed by atoms with Crippen molar-refractivity contribution >= 4 is 21.6 Å². The van der Waals surface area contributed by atoms with Crippen molar-refractivity contribution in [2.75, 3.05) is 24.0 Å². The number of nitrogens with zero attached hydrogens (tertiary/aromatic N) is 1. The minimum atomic E-state index is -3.92. The zero-order valence-electron chi connectivity index (χ0n) is 19.7. The minimum absolute atomic E-state index is 0.142. The van der Waals surface area contributed by atoms with E-state index in [4.69, 9.17) is 4.74 Å². The summed E-state index contributed by atoms with van der Waals surface area (Å²) in [5.41, 5.74) is 2.62. The van der Waals surface area contributed by atoms with Crippen LogP contribution >= 0.6 is 0 Å². The monoisotopic (exact) mass is 480 g/mol. The third-order valence-electron chi connectivity index (χ3n) is 5.41. The highest BCUT2D eigenvalue weighted by Gasteiger charge is 2.28. The summed E-state index contributed by atoms with van der Waals surface area (Å²) in [5.74, 6) is 0.339. The quantitative estimate of drug-likeness (QED) is 0.385. The van der Waals surface area contributed by atoms with Crippen LogP contribution in [-0.2, 0) is 27.7 Å². The van der Waals surface area contributed by atoms with Crippen LogP contribution in [0.2, 0.25) is 0 Å². The van der Waals surface area contributed by atoms with E-state index in [9.17, 15) is 13.2 Å². The van der Waals surface area contributed by atoms with Crippen LogP contribution in [0.1, 0.15) is 31.4 Å². The topological polar surface area (TPSA) is 75.7 Å². The van der Waals surface area contributed by atoms with Crippen LogP contribution in [0, 0.1) is 0 Å². The zero-order chi connectivity index (χ0) is 24.4. The van der Waals surface area contributed by atoms with Gasteiger partial charge in [0.05, 0.1) is 17.1 Å². The summed E-state index contributed by atoms with van der Waals surface area (Å²) in [6, 6.07) is 23.3. The Bertz CT molecular complexity index is 1160. The molecule has 0 aliphatic heterocycles. The van der Waals surface area contributed by atoms with Crippen molar-refractivity contribution in [1.29, 1.82) is 0 Å². The van der Waals surface area contributed by atoms with Crippen molar-refractivity contribution in [1.82, 2.24) is 5.32 Å². The Hall–Kier alpha value is -3.32. The Morgan fingerprint density at radius 3 is 2.26 bits per heavy atom. The van der Waals surface area contributed by atoms with Gasteiger partial charge in [-0.05, 0) is 54.3 Å². The van der Waals surface area contributed by atoms with Crippen molar-refractivity contribution in [3.8, 4) is 5.75 Å². The first-order chi connectivity index (χ1) is 16.5. The number of para-hydroxylation sites is 1. The molecule has 34 heavy (non-hydrogen) atoms. The average Bonchev–Trinajstić information content (AvgIpc) is 2.87. The number of ether oxygens (including phenoxy) is 1. The molecule has 0 fully saturated rings. The number of hydrogen-bond acceptors (Lipinski definition) is 4. The molecule has 7 heteroatoms. The summed E-state index contributed by atoms with van der Waals surface area (Å²) in [6.45, 7) is 4.33. The lowest BCUT2D eigenvalue weighted by atomic mass is 10.1. The summed E-state index contributed by atoms with van der Waals surface area (Å²) in [5, 5.41) is 2.78. The first-order valence-corrected chi connectivity index (χ1v) is 13.0. The van der Waals surface area contributed by atoms with Gasteiger partial charge in [0.1, 0.15) is 18.9 Å². The van der Waals surface area contributed by atoms with Crippen molar-refractivity contribution in [3.05, 3.63) is 90.0 Å². The highest BCUT2D eigenvalue weighted by molar-refractivity contribution is 7.92. The van der Waals surface area contributed by atoms with Gasteiger partial charge in [0.15, 0.2) is 0 Å². The molecule has 0 unspecified atom stereocenters. The van der Waals surface area contributed by atoms with Gasteiger partial charge in [-0.2, -0.15) is 0 Å². The summed E-state index contributed by atoms with van der Waals surface area (Å²) in [6.07, 6.45) is 2.76. The molecule has 0 saturated heterocycles. The number of benzene rings is 3. The van der Waals surface area contributed by atoms with Gasteiger partial charge in [-0.1, -0.05) is 68.8 Å².